The molecule has 2 rings (SSSR count). The molecule has 158 valence electrons. The minimum absolute atomic E-state index is 0.740. The summed E-state index contributed by atoms with van der Waals surface area (Å²) in [6.07, 6.45) is 9.22. The van der Waals surface area contributed by atoms with Gasteiger partial charge in [-0.3, -0.25) is 0 Å². The van der Waals surface area contributed by atoms with Crippen LogP contribution in [0.25, 0.3) is 0 Å². The Balaban J connectivity index is 0.000000568. The van der Waals surface area contributed by atoms with E-state index in [1.54, 1.807) is 0 Å². The molecule has 1 aliphatic heterocycles. The summed E-state index contributed by atoms with van der Waals surface area (Å²) in [5.41, 5.74) is 0. The van der Waals surface area contributed by atoms with Crippen LogP contribution >= 0.6 is 11.6 Å². The second-order valence-electron chi connectivity index (χ2n) is 7.23. The Morgan fingerprint density at radius 1 is 1.14 bits per heavy atom. The molecule has 1 aromatic carbocycles. The van der Waals surface area contributed by atoms with Crippen LogP contribution in [0, 0.1) is 5.92 Å². The van der Waals surface area contributed by atoms with Crippen LogP contribution in [0.4, 0.5) is 0 Å². The van der Waals surface area contributed by atoms with Gasteiger partial charge >= 0.3 is 11.9 Å². The molecule has 1 saturated heterocycles. The van der Waals surface area contributed by atoms with Crippen molar-refractivity contribution in [2.24, 2.45) is 5.92 Å². The molecule has 1 heterocycles. The normalized spacial score (nSPS) is 16.7. The highest BCUT2D eigenvalue weighted by molar-refractivity contribution is 6.30. The summed E-state index contributed by atoms with van der Waals surface area (Å²) in [4.78, 5) is 20.8. The van der Waals surface area contributed by atoms with Crippen molar-refractivity contribution in [3.63, 3.8) is 0 Å². The number of benzene rings is 1. The van der Waals surface area contributed by atoms with Crippen molar-refractivity contribution in [1.82, 2.24) is 4.90 Å². The summed E-state index contributed by atoms with van der Waals surface area (Å²) in [6, 6.07) is 7.64. The van der Waals surface area contributed by atoms with Crippen molar-refractivity contribution in [1.29, 1.82) is 0 Å². The van der Waals surface area contributed by atoms with Gasteiger partial charge in [-0.15, -0.1) is 0 Å². The predicted molar refractivity (Wildman–Crippen MR) is 110 cm³/mol. The molecule has 0 aliphatic carbocycles. The van der Waals surface area contributed by atoms with Gasteiger partial charge < -0.3 is 19.8 Å². The van der Waals surface area contributed by atoms with Gasteiger partial charge in [-0.05, 0) is 62.9 Å². The molecule has 28 heavy (non-hydrogen) atoms. The lowest BCUT2D eigenvalue weighted by molar-refractivity contribution is -0.159. The third-order valence-electron chi connectivity index (χ3n) is 4.61. The van der Waals surface area contributed by atoms with Gasteiger partial charge in [0.1, 0.15) is 5.75 Å². The van der Waals surface area contributed by atoms with Gasteiger partial charge in [-0.25, -0.2) is 9.59 Å². The van der Waals surface area contributed by atoms with Gasteiger partial charge in [-0.2, -0.15) is 0 Å². The zero-order chi connectivity index (χ0) is 20.8. The van der Waals surface area contributed by atoms with Crippen LogP contribution in [-0.4, -0.2) is 53.3 Å². The number of likely N-dealkylation sites (tertiary alicyclic amines) is 1. The summed E-state index contributed by atoms with van der Waals surface area (Å²) >= 11 is 5.93. The number of ether oxygens (including phenoxy) is 1. The molecule has 1 fully saturated rings. The summed E-state index contributed by atoms with van der Waals surface area (Å²) in [6.45, 7) is 7.10. The molecule has 0 aromatic heterocycles. The van der Waals surface area contributed by atoms with Gasteiger partial charge in [0.05, 0.1) is 6.61 Å². The Hall–Kier alpha value is -1.79. The second kappa shape index (κ2) is 14.2. The number of carboxylic acids is 2. The highest BCUT2D eigenvalue weighted by atomic mass is 35.5. The first-order chi connectivity index (χ1) is 13.4. The fourth-order valence-corrected chi connectivity index (χ4v) is 3.38. The maximum absolute atomic E-state index is 9.10. The van der Waals surface area contributed by atoms with E-state index < -0.39 is 11.9 Å². The highest BCUT2D eigenvalue weighted by Gasteiger charge is 2.15. The van der Waals surface area contributed by atoms with Crippen molar-refractivity contribution in [2.45, 2.75) is 51.9 Å². The van der Waals surface area contributed by atoms with Crippen LogP contribution in [-0.2, 0) is 9.59 Å². The van der Waals surface area contributed by atoms with E-state index in [1.807, 2.05) is 24.3 Å². The van der Waals surface area contributed by atoms with Crippen LogP contribution in [0.2, 0.25) is 5.02 Å². The fraction of sp³-hybridized carbons (Fsp3) is 0.619. The van der Waals surface area contributed by atoms with Crippen LogP contribution in [0.3, 0.4) is 0 Å². The molecule has 1 atom stereocenters. The van der Waals surface area contributed by atoms with E-state index in [9.17, 15) is 0 Å². The third-order valence-corrected chi connectivity index (χ3v) is 4.84. The average molecular weight is 414 g/mol. The number of hydrogen-bond acceptors (Lipinski definition) is 4. The second-order valence-corrected chi connectivity index (χ2v) is 7.67. The van der Waals surface area contributed by atoms with Gasteiger partial charge in [0.15, 0.2) is 0 Å². The van der Waals surface area contributed by atoms with Crippen LogP contribution in [0.5, 0.6) is 5.75 Å². The standard InChI is InChI=1S/C19H30ClNO.C2H2O4/c1-17-9-8-13-21(16-17)12-5-3-2-4-6-14-22-19-11-7-10-18(20)15-19;3-1(4)2(5)6/h7,10-11,15,17H,2-6,8-9,12-14,16H2,1H3;(H,3,4)(H,5,6). The molecule has 0 bridgehead atoms. The minimum atomic E-state index is -1.82. The van der Waals surface area contributed by atoms with Crippen molar-refractivity contribution >= 4 is 23.5 Å². The maximum atomic E-state index is 9.10. The number of carbonyl (C=O) groups is 2. The SMILES string of the molecule is CC1CCCN(CCCCCCCOc2cccc(Cl)c2)C1.O=C(O)C(=O)O. The molecule has 1 unspecified atom stereocenters. The molecule has 2 N–H and O–H groups in total. The van der Waals surface area contributed by atoms with Crippen molar-refractivity contribution in [3.8, 4) is 5.75 Å². The quantitative estimate of drug-likeness (QED) is 0.456. The maximum Gasteiger partial charge on any atom is 0.414 e. The fourth-order valence-electron chi connectivity index (χ4n) is 3.20. The molecule has 0 spiro atoms. The lowest BCUT2D eigenvalue weighted by Crippen LogP contribution is -2.34. The summed E-state index contributed by atoms with van der Waals surface area (Å²) in [5.74, 6) is -1.87. The van der Waals surface area contributed by atoms with E-state index in [1.165, 1.54) is 58.2 Å². The number of rotatable bonds is 9. The van der Waals surface area contributed by atoms with Crippen LogP contribution in [0.1, 0.15) is 51.9 Å². The number of piperidine rings is 1. The van der Waals surface area contributed by atoms with E-state index in [0.29, 0.717) is 0 Å². The minimum Gasteiger partial charge on any atom is -0.494 e. The van der Waals surface area contributed by atoms with Gasteiger partial charge in [0.2, 0.25) is 0 Å². The molecule has 6 nitrogen and oxygen atoms in total. The largest absolute Gasteiger partial charge is 0.494 e. The zero-order valence-electron chi connectivity index (χ0n) is 16.6. The Bertz CT molecular complexity index is 584. The van der Waals surface area contributed by atoms with Crippen LogP contribution in [0.15, 0.2) is 24.3 Å². The first kappa shape index (κ1) is 24.2. The number of aliphatic carboxylic acids is 2. The number of halogens is 1. The Morgan fingerprint density at radius 2 is 1.82 bits per heavy atom. The highest BCUT2D eigenvalue weighted by Crippen LogP contribution is 2.18. The number of carboxylic acid groups (broad SMARTS) is 2. The summed E-state index contributed by atoms with van der Waals surface area (Å²) < 4.78 is 5.71. The number of unbranched alkanes of at least 4 members (excludes halogenated alkanes) is 4. The van der Waals surface area contributed by atoms with E-state index in [-0.39, 0.29) is 0 Å². The molecule has 0 amide bonds. The van der Waals surface area contributed by atoms with Gasteiger partial charge in [-0.1, -0.05) is 43.9 Å². The molecule has 0 radical (unpaired) electrons. The topological polar surface area (TPSA) is 87.1 Å². The third kappa shape index (κ3) is 11.8. The lowest BCUT2D eigenvalue weighted by atomic mass is 10.00. The van der Waals surface area contributed by atoms with E-state index in [4.69, 9.17) is 36.1 Å². The molecular formula is C21H32ClNO5. The van der Waals surface area contributed by atoms with Crippen molar-refractivity contribution < 1.29 is 24.5 Å². The Morgan fingerprint density at radius 3 is 2.46 bits per heavy atom. The van der Waals surface area contributed by atoms with E-state index >= 15 is 0 Å². The lowest BCUT2D eigenvalue weighted by Gasteiger charge is -2.30. The molecule has 1 aliphatic rings. The zero-order valence-corrected chi connectivity index (χ0v) is 17.4. The van der Waals surface area contributed by atoms with Crippen molar-refractivity contribution in [3.05, 3.63) is 29.3 Å². The Labute approximate surface area is 172 Å². The van der Waals surface area contributed by atoms with Crippen LogP contribution < -0.4 is 4.74 Å². The van der Waals surface area contributed by atoms with E-state index in [0.717, 1.165) is 29.7 Å². The monoisotopic (exact) mass is 413 g/mol. The summed E-state index contributed by atoms with van der Waals surface area (Å²) in [7, 11) is 0. The molecule has 1 aromatic rings. The summed E-state index contributed by atoms with van der Waals surface area (Å²) in [5, 5.41) is 15.5. The Kier molecular flexibility index (Phi) is 12.3. The van der Waals surface area contributed by atoms with Crippen molar-refractivity contribution in [2.75, 3.05) is 26.2 Å². The van der Waals surface area contributed by atoms with Gasteiger partial charge in [0.25, 0.3) is 0 Å². The number of hydrogen-bond donors (Lipinski definition) is 2. The molecule has 7 heteroatoms. The predicted octanol–water partition coefficient (Wildman–Crippen LogP) is 4.56. The molecular weight excluding hydrogens is 382 g/mol. The first-order valence-electron chi connectivity index (χ1n) is 9.95. The average Bonchev–Trinajstić information content (AvgIpc) is 2.64. The molecule has 0 saturated carbocycles. The first-order valence-corrected chi connectivity index (χ1v) is 10.3. The van der Waals surface area contributed by atoms with Gasteiger partial charge in [0, 0.05) is 11.6 Å². The smallest absolute Gasteiger partial charge is 0.414 e. The van der Waals surface area contributed by atoms with E-state index in [2.05, 4.69) is 11.8 Å². The number of nitrogens with zero attached hydrogens (tertiary/aromatic N) is 1.